The summed E-state index contributed by atoms with van der Waals surface area (Å²) < 4.78 is 35.1. The lowest BCUT2D eigenvalue weighted by molar-refractivity contribution is -0.183. The number of amides is 1. The molecule has 7 unspecified atom stereocenters. The van der Waals surface area contributed by atoms with E-state index in [0.717, 1.165) is 44.9 Å². The van der Waals surface area contributed by atoms with Crippen LogP contribution in [-0.2, 0) is 24.3 Å². The van der Waals surface area contributed by atoms with Gasteiger partial charge in [-0.05, 0) is 93.1 Å². The van der Waals surface area contributed by atoms with Gasteiger partial charge in [0.1, 0.15) is 10.8 Å². The van der Waals surface area contributed by atoms with Crippen LogP contribution in [0, 0.1) is 28.6 Å². The van der Waals surface area contributed by atoms with Crippen molar-refractivity contribution in [3.63, 3.8) is 0 Å². The number of allylic oxidation sites excluding steroid dienone is 3. The van der Waals surface area contributed by atoms with Gasteiger partial charge < -0.3 is 10.1 Å². The average molecular weight is 523 g/mol. The van der Waals surface area contributed by atoms with E-state index in [1.807, 2.05) is 0 Å². The summed E-state index contributed by atoms with van der Waals surface area (Å²) in [5.74, 6) is 0.852. The fraction of sp³-hybridized carbons (Fsp3) is 0.769. The van der Waals surface area contributed by atoms with E-state index >= 15 is 0 Å². The molecule has 3 bridgehead atoms. The van der Waals surface area contributed by atoms with Crippen molar-refractivity contribution >= 4 is 33.5 Å². The van der Waals surface area contributed by atoms with Crippen LogP contribution in [0.25, 0.3) is 0 Å². The van der Waals surface area contributed by atoms with Crippen LogP contribution in [0.3, 0.4) is 0 Å². The molecule has 0 heterocycles. The molecular weight excluding hydrogens is 488 g/mol. The monoisotopic (exact) mass is 522 g/mol. The Morgan fingerprint density at radius 3 is 2.54 bits per heavy atom. The first-order valence-corrected chi connectivity index (χ1v) is 14.9. The van der Waals surface area contributed by atoms with Crippen LogP contribution in [0.4, 0.5) is 0 Å². The highest BCUT2D eigenvalue weighted by molar-refractivity contribution is 7.90. The predicted molar refractivity (Wildman–Crippen MR) is 132 cm³/mol. The van der Waals surface area contributed by atoms with Crippen LogP contribution in [-0.4, -0.2) is 44.2 Å². The summed E-state index contributed by atoms with van der Waals surface area (Å²) in [5.41, 5.74) is -0.833. The zero-order valence-corrected chi connectivity index (χ0v) is 22.0. The quantitative estimate of drug-likeness (QED) is 0.519. The Bertz CT molecular complexity index is 1140. The van der Waals surface area contributed by atoms with Crippen LogP contribution in [0.1, 0.15) is 71.1 Å². The van der Waals surface area contributed by atoms with Crippen molar-refractivity contribution in [3.8, 4) is 0 Å². The van der Waals surface area contributed by atoms with E-state index in [9.17, 15) is 18.0 Å². The molecule has 1 amide bonds. The highest BCUT2D eigenvalue weighted by Gasteiger charge is 2.79. The Hall–Kier alpha value is -1.38. The van der Waals surface area contributed by atoms with E-state index in [1.165, 1.54) is 7.11 Å². The van der Waals surface area contributed by atoms with Crippen molar-refractivity contribution < 1.29 is 22.7 Å². The molecule has 0 aliphatic heterocycles. The van der Waals surface area contributed by atoms with E-state index in [-0.39, 0.29) is 34.7 Å². The molecule has 9 heteroatoms. The van der Waals surface area contributed by atoms with Crippen LogP contribution in [0.5, 0.6) is 0 Å². The number of rotatable bonds is 6. The summed E-state index contributed by atoms with van der Waals surface area (Å²) in [5, 5.41) is 3.03. The Balaban J connectivity index is 1.23. The second kappa shape index (κ2) is 7.81. The number of halogens is 1. The smallest absolute Gasteiger partial charge is 0.312 e. The van der Waals surface area contributed by atoms with Gasteiger partial charge in [-0.1, -0.05) is 30.5 Å². The van der Waals surface area contributed by atoms with Crippen LogP contribution < -0.4 is 10.0 Å². The Labute approximate surface area is 212 Å². The van der Waals surface area contributed by atoms with Gasteiger partial charge in [-0.15, -0.1) is 0 Å². The molecule has 0 aromatic heterocycles. The number of fused-ring (bicyclic) bond motifs is 2. The van der Waals surface area contributed by atoms with Gasteiger partial charge in [-0.25, -0.2) is 8.42 Å². The van der Waals surface area contributed by atoms with Crippen molar-refractivity contribution in [2.45, 2.75) is 88.0 Å². The number of methoxy groups -OCH3 is 1. The highest BCUT2D eigenvalue weighted by Crippen LogP contribution is 2.81. The summed E-state index contributed by atoms with van der Waals surface area (Å²) in [7, 11) is -2.32. The van der Waals surface area contributed by atoms with Crippen molar-refractivity contribution in [2.75, 3.05) is 7.11 Å². The van der Waals surface area contributed by atoms with Crippen LogP contribution >= 0.6 is 11.6 Å². The lowest BCUT2D eigenvalue weighted by Crippen LogP contribution is -2.61. The molecule has 7 atom stereocenters. The van der Waals surface area contributed by atoms with Crippen molar-refractivity contribution in [3.05, 3.63) is 22.8 Å². The number of carbonyl (C=O) groups is 2. The molecule has 7 nitrogen and oxygen atoms in total. The molecule has 0 aromatic rings. The van der Waals surface area contributed by atoms with Crippen molar-refractivity contribution in [2.24, 2.45) is 28.6 Å². The Kier molecular flexibility index (Phi) is 5.35. The number of carbonyl (C=O) groups excluding carboxylic acids is 2. The lowest BCUT2D eigenvalue weighted by Gasteiger charge is -2.56. The van der Waals surface area contributed by atoms with Gasteiger partial charge in [-0.3, -0.25) is 9.59 Å². The molecule has 0 saturated heterocycles. The maximum atomic E-state index is 13.9. The summed E-state index contributed by atoms with van der Waals surface area (Å²) in [6.07, 6.45) is 11.1. The standard InChI is InChI=1S/C26H35ClN2O5S/c1-15-19(27)6-5-7-20(15)35(32,33)29-26(8-3-4-9-26)22(30)28-21-16-10-18-14-25(23(31)34-2)13-17(21)12-24(18,25)11-16/h5-6,16-18,20-21,29H,3-4,7-14H2,1-2H3,(H,28,30). The lowest BCUT2D eigenvalue weighted by atomic mass is 9.46. The molecule has 192 valence electrons. The maximum absolute atomic E-state index is 13.9. The minimum Gasteiger partial charge on any atom is -0.469 e. The Morgan fingerprint density at radius 1 is 1.11 bits per heavy atom. The third-order valence-electron chi connectivity index (χ3n) is 10.7. The van der Waals surface area contributed by atoms with Gasteiger partial charge in [0.2, 0.25) is 15.9 Å². The second-order valence-electron chi connectivity index (χ2n) is 12.1. The summed E-state index contributed by atoms with van der Waals surface area (Å²) in [6.45, 7) is 1.74. The fourth-order valence-corrected chi connectivity index (χ4v) is 11.4. The molecule has 5 fully saturated rings. The minimum atomic E-state index is -3.81. The number of nitrogens with one attached hydrogen (secondary N) is 2. The molecular formula is C26H35ClN2O5S. The zero-order chi connectivity index (χ0) is 24.8. The number of hydrogen-bond donors (Lipinski definition) is 2. The maximum Gasteiger partial charge on any atom is 0.312 e. The van der Waals surface area contributed by atoms with Crippen LogP contribution in [0.15, 0.2) is 22.8 Å². The van der Waals surface area contributed by atoms with Gasteiger partial charge in [0.05, 0.1) is 12.5 Å². The first kappa shape index (κ1) is 24.0. The molecule has 0 aromatic carbocycles. The largest absolute Gasteiger partial charge is 0.469 e. The molecule has 6 rings (SSSR count). The summed E-state index contributed by atoms with van der Waals surface area (Å²) in [6, 6.07) is -0.0110. The first-order valence-electron chi connectivity index (χ1n) is 13.0. The van der Waals surface area contributed by atoms with Gasteiger partial charge in [0, 0.05) is 11.1 Å². The fourth-order valence-electron chi connectivity index (χ4n) is 9.20. The van der Waals surface area contributed by atoms with Crippen molar-refractivity contribution in [1.82, 2.24) is 10.0 Å². The van der Waals surface area contributed by atoms with E-state index < -0.39 is 20.8 Å². The Morgan fingerprint density at radius 2 is 1.83 bits per heavy atom. The van der Waals surface area contributed by atoms with E-state index in [2.05, 4.69) is 10.0 Å². The summed E-state index contributed by atoms with van der Waals surface area (Å²) in [4.78, 5) is 26.7. The number of esters is 1. The van der Waals surface area contributed by atoms with Gasteiger partial charge >= 0.3 is 5.97 Å². The van der Waals surface area contributed by atoms with Gasteiger partial charge in [0.25, 0.3) is 0 Å². The molecule has 1 spiro atoms. The predicted octanol–water partition coefficient (Wildman–Crippen LogP) is 3.54. The van der Waals surface area contributed by atoms with Crippen LogP contribution in [0.2, 0.25) is 0 Å². The minimum absolute atomic E-state index is 0.0110. The zero-order valence-electron chi connectivity index (χ0n) is 20.4. The molecule has 5 saturated carbocycles. The topological polar surface area (TPSA) is 102 Å². The number of hydrogen-bond acceptors (Lipinski definition) is 5. The molecule has 0 radical (unpaired) electrons. The third-order valence-corrected chi connectivity index (χ3v) is 13.1. The van der Waals surface area contributed by atoms with Crippen molar-refractivity contribution in [1.29, 1.82) is 0 Å². The normalized spacial score (nSPS) is 42.7. The average Bonchev–Trinajstić information content (AvgIpc) is 3.44. The van der Waals surface area contributed by atoms with Gasteiger partial charge in [-0.2, -0.15) is 4.72 Å². The molecule has 6 aliphatic rings. The first-order chi connectivity index (χ1) is 16.6. The third kappa shape index (κ3) is 3.14. The van der Waals surface area contributed by atoms with E-state index in [0.29, 0.717) is 41.7 Å². The van der Waals surface area contributed by atoms with Gasteiger partial charge in [0.15, 0.2) is 0 Å². The second-order valence-corrected chi connectivity index (χ2v) is 14.4. The summed E-state index contributed by atoms with van der Waals surface area (Å²) >= 11 is 6.23. The van der Waals surface area contributed by atoms with E-state index in [4.69, 9.17) is 16.3 Å². The molecule has 2 N–H and O–H groups in total. The molecule has 6 aliphatic carbocycles. The highest BCUT2D eigenvalue weighted by atomic mass is 35.5. The van der Waals surface area contributed by atoms with E-state index in [1.54, 1.807) is 19.1 Å². The molecule has 35 heavy (non-hydrogen) atoms. The SMILES string of the molecule is COC(=O)C12CC3CC14CC(CC4C2)C3NC(=O)C1(NS(=O)(=O)C2CC=CC(Cl)=C2C)CCCC1. The number of ether oxygens (including phenoxy) is 1. The number of sulfonamides is 1.